The Bertz CT molecular complexity index is 427. The Morgan fingerprint density at radius 2 is 2.00 bits per heavy atom. The standard InChI is InChI=1S/C16H23NO2S/c1-16(19,14-5-3-2-4-6-14)12-17-15(18)11-13-7-9-20-10-8-13/h2-6,13,19H,7-12H2,1H3,(H,17,18). The second kappa shape index (κ2) is 7.14. The summed E-state index contributed by atoms with van der Waals surface area (Å²) >= 11 is 1.97. The molecule has 0 bridgehead atoms. The molecule has 1 aliphatic heterocycles. The lowest BCUT2D eigenvalue weighted by molar-refractivity contribution is -0.123. The van der Waals surface area contributed by atoms with E-state index in [0.29, 0.717) is 12.3 Å². The van der Waals surface area contributed by atoms with Gasteiger partial charge in [0.25, 0.3) is 0 Å². The molecule has 2 N–H and O–H groups in total. The number of hydrogen-bond acceptors (Lipinski definition) is 3. The van der Waals surface area contributed by atoms with E-state index in [9.17, 15) is 9.90 Å². The molecule has 110 valence electrons. The molecule has 0 radical (unpaired) electrons. The van der Waals surface area contributed by atoms with Crippen molar-refractivity contribution >= 4 is 17.7 Å². The van der Waals surface area contributed by atoms with E-state index in [-0.39, 0.29) is 12.5 Å². The zero-order valence-corrected chi connectivity index (χ0v) is 12.8. The van der Waals surface area contributed by atoms with Gasteiger partial charge in [0.1, 0.15) is 5.60 Å². The van der Waals surface area contributed by atoms with E-state index < -0.39 is 5.60 Å². The van der Waals surface area contributed by atoms with Crippen LogP contribution in [0.4, 0.5) is 0 Å². The van der Waals surface area contributed by atoms with Gasteiger partial charge in [-0.3, -0.25) is 4.79 Å². The van der Waals surface area contributed by atoms with E-state index in [1.807, 2.05) is 42.1 Å². The lowest BCUT2D eigenvalue weighted by Crippen LogP contribution is -2.39. The molecule has 1 heterocycles. The van der Waals surface area contributed by atoms with Crippen LogP contribution in [0.15, 0.2) is 30.3 Å². The van der Waals surface area contributed by atoms with Crippen molar-refractivity contribution in [3.8, 4) is 0 Å². The fourth-order valence-electron chi connectivity index (χ4n) is 2.45. The number of benzene rings is 1. The van der Waals surface area contributed by atoms with Crippen LogP contribution in [-0.4, -0.2) is 29.1 Å². The highest BCUT2D eigenvalue weighted by atomic mass is 32.2. The van der Waals surface area contributed by atoms with Crippen LogP contribution in [-0.2, 0) is 10.4 Å². The molecule has 20 heavy (non-hydrogen) atoms. The lowest BCUT2D eigenvalue weighted by Gasteiger charge is -2.25. The zero-order valence-electron chi connectivity index (χ0n) is 12.0. The van der Waals surface area contributed by atoms with E-state index in [4.69, 9.17) is 0 Å². The van der Waals surface area contributed by atoms with Crippen LogP contribution in [0.2, 0.25) is 0 Å². The fourth-order valence-corrected chi connectivity index (χ4v) is 3.66. The molecule has 0 saturated carbocycles. The molecule has 3 nitrogen and oxygen atoms in total. The first-order chi connectivity index (χ1) is 9.58. The number of thioether (sulfide) groups is 1. The summed E-state index contributed by atoms with van der Waals surface area (Å²) in [6.45, 7) is 2.00. The first-order valence-corrected chi connectivity index (χ1v) is 8.36. The van der Waals surface area contributed by atoms with Crippen LogP contribution in [0.25, 0.3) is 0 Å². The second-order valence-electron chi connectivity index (χ2n) is 5.68. The van der Waals surface area contributed by atoms with Crippen LogP contribution >= 0.6 is 11.8 Å². The smallest absolute Gasteiger partial charge is 0.220 e. The summed E-state index contributed by atoms with van der Waals surface area (Å²) in [5.41, 5.74) is -0.186. The number of nitrogens with one attached hydrogen (secondary N) is 1. The van der Waals surface area contributed by atoms with Gasteiger partial charge in [-0.2, -0.15) is 11.8 Å². The molecule has 4 heteroatoms. The maximum absolute atomic E-state index is 12.0. The minimum atomic E-state index is -1.01. The van der Waals surface area contributed by atoms with Gasteiger partial charge in [0, 0.05) is 6.42 Å². The number of carbonyl (C=O) groups excluding carboxylic acids is 1. The van der Waals surface area contributed by atoms with Gasteiger partial charge >= 0.3 is 0 Å². The Kier molecular flexibility index (Phi) is 5.49. The van der Waals surface area contributed by atoms with Gasteiger partial charge in [0.05, 0.1) is 6.54 Å². The number of aliphatic hydroxyl groups is 1. The number of carbonyl (C=O) groups is 1. The molecule has 1 atom stereocenters. The van der Waals surface area contributed by atoms with Crippen molar-refractivity contribution in [3.63, 3.8) is 0 Å². The summed E-state index contributed by atoms with van der Waals surface area (Å²) in [5, 5.41) is 13.3. The molecule has 1 aliphatic rings. The van der Waals surface area contributed by atoms with E-state index in [2.05, 4.69) is 5.32 Å². The highest BCUT2D eigenvalue weighted by Gasteiger charge is 2.24. The maximum atomic E-state index is 12.0. The van der Waals surface area contributed by atoms with Gasteiger partial charge in [-0.25, -0.2) is 0 Å². The molecule has 1 unspecified atom stereocenters. The third-order valence-corrected chi connectivity index (χ3v) is 4.89. The number of rotatable bonds is 5. The van der Waals surface area contributed by atoms with E-state index in [0.717, 1.165) is 18.4 Å². The Balaban J connectivity index is 1.80. The van der Waals surface area contributed by atoms with Crippen molar-refractivity contribution in [2.45, 2.75) is 31.8 Å². The zero-order chi connectivity index (χ0) is 14.4. The fraction of sp³-hybridized carbons (Fsp3) is 0.562. The molecule has 2 rings (SSSR count). The predicted molar refractivity (Wildman–Crippen MR) is 83.7 cm³/mol. The average molecular weight is 293 g/mol. The molecule has 0 spiro atoms. The van der Waals surface area contributed by atoms with Crippen LogP contribution in [0, 0.1) is 5.92 Å². The summed E-state index contributed by atoms with van der Waals surface area (Å²) in [6, 6.07) is 9.46. The van der Waals surface area contributed by atoms with Gasteiger partial charge in [-0.15, -0.1) is 0 Å². The van der Waals surface area contributed by atoms with Crippen LogP contribution in [0.3, 0.4) is 0 Å². The lowest BCUT2D eigenvalue weighted by atomic mass is 9.95. The Morgan fingerprint density at radius 3 is 2.65 bits per heavy atom. The summed E-state index contributed by atoms with van der Waals surface area (Å²) in [4.78, 5) is 12.0. The maximum Gasteiger partial charge on any atom is 0.220 e. The van der Waals surface area contributed by atoms with Crippen LogP contribution < -0.4 is 5.32 Å². The van der Waals surface area contributed by atoms with Gasteiger partial charge in [-0.05, 0) is 42.8 Å². The summed E-state index contributed by atoms with van der Waals surface area (Å²) in [7, 11) is 0. The average Bonchev–Trinajstić information content (AvgIpc) is 2.47. The quantitative estimate of drug-likeness (QED) is 0.877. The van der Waals surface area contributed by atoms with Crippen LogP contribution in [0.1, 0.15) is 31.7 Å². The molecular formula is C16H23NO2S. The molecule has 0 aliphatic carbocycles. The second-order valence-corrected chi connectivity index (χ2v) is 6.90. The Labute approximate surface area is 125 Å². The third kappa shape index (κ3) is 4.53. The topological polar surface area (TPSA) is 49.3 Å². The Morgan fingerprint density at radius 1 is 1.35 bits per heavy atom. The van der Waals surface area contributed by atoms with E-state index >= 15 is 0 Å². The monoisotopic (exact) mass is 293 g/mol. The first-order valence-electron chi connectivity index (χ1n) is 7.20. The SMILES string of the molecule is CC(O)(CNC(=O)CC1CCSCC1)c1ccccc1. The largest absolute Gasteiger partial charge is 0.384 e. The van der Waals surface area contributed by atoms with Gasteiger partial charge < -0.3 is 10.4 Å². The molecule has 0 aromatic heterocycles. The number of amides is 1. The van der Waals surface area contributed by atoms with Crippen molar-refractivity contribution in [1.29, 1.82) is 0 Å². The third-order valence-electron chi connectivity index (χ3n) is 3.84. The van der Waals surface area contributed by atoms with Crippen molar-refractivity contribution < 1.29 is 9.90 Å². The van der Waals surface area contributed by atoms with Crippen molar-refractivity contribution in [3.05, 3.63) is 35.9 Å². The molecule has 1 aromatic rings. The molecule has 1 fully saturated rings. The summed E-state index contributed by atoms with van der Waals surface area (Å²) in [5.74, 6) is 2.90. The molecule has 1 saturated heterocycles. The van der Waals surface area contributed by atoms with Crippen molar-refractivity contribution in [2.75, 3.05) is 18.1 Å². The first kappa shape index (κ1) is 15.4. The van der Waals surface area contributed by atoms with Crippen molar-refractivity contribution in [1.82, 2.24) is 5.32 Å². The predicted octanol–water partition coefficient (Wildman–Crippen LogP) is 2.54. The highest BCUT2D eigenvalue weighted by molar-refractivity contribution is 7.99. The van der Waals surface area contributed by atoms with Gasteiger partial charge in [0.2, 0.25) is 5.91 Å². The summed E-state index contributed by atoms with van der Waals surface area (Å²) in [6.07, 6.45) is 2.85. The Hall–Kier alpha value is -1.00. The van der Waals surface area contributed by atoms with Gasteiger partial charge in [0.15, 0.2) is 0 Å². The van der Waals surface area contributed by atoms with E-state index in [1.54, 1.807) is 6.92 Å². The normalized spacial score (nSPS) is 19.3. The highest BCUT2D eigenvalue weighted by Crippen LogP contribution is 2.25. The molecule has 1 aromatic carbocycles. The molecule has 1 amide bonds. The number of hydrogen-bond donors (Lipinski definition) is 2. The van der Waals surface area contributed by atoms with Gasteiger partial charge in [-0.1, -0.05) is 30.3 Å². The molecular weight excluding hydrogens is 270 g/mol. The van der Waals surface area contributed by atoms with Crippen molar-refractivity contribution in [2.24, 2.45) is 5.92 Å². The summed E-state index contributed by atoms with van der Waals surface area (Å²) < 4.78 is 0. The minimum absolute atomic E-state index is 0.0538. The minimum Gasteiger partial charge on any atom is -0.384 e. The van der Waals surface area contributed by atoms with Crippen LogP contribution in [0.5, 0.6) is 0 Å². The van der Waals surface area contributed by atoms with E-state index in [1.165, 1.54) is 11.5 Å².